The zero-order chi connectivity index (χ0) is 40.7. The summed E-state index contributed by atoms with van der Waals surface area (Å²) in [6.45, 7) is 0. The van der Waals surface area contributed by atoms with Crippen LogP contribution in [0.4, 0.5) is 11.4 Å². The van der Waals surface area contributed by atoms with Gasteiger partial charge in [0, 0.05) is 33.9 Å². The largest absolute Gasteiger partial charge is 0.313 e. The molecule has 62 heavy (non-hydrogen) atoms. The fraction of sp³-hybridized carbons (Fsp3) is 0.158. The number of anilines is 2. The molecule has 0 spiro atoms. The molecule has 0 amide bonds. The predicted octanol–water partition coefficient (Wildman–Crippen LogP) is 12.4. The van der Waals surface area contributed by atoms with Crippen molar-refractivity contribution in [2.24, 2.45) is 0 Å². The quantitative estimate of drug-likeness (QED) is 0.162. The van der Waals surface area contributed by atoms with Crippen LogP contribution in [0.15, 0.2) is 176 Å². The summed E-state index contributed by atoms with van der Waals surface area (Å²) in [7, 11) is 0. The summed E-state index contributed by atoms with van der Waals surface area (Å²) in [5, 5.41) is 14.3. The van der Waals surface area contributed by atoms with Gasteiger partial charge in [-0.15, -0.1) is 0 Å². The van der Waals surface area contributed by atoms with Gasteiger partial charge in [0.1, 0.15) is 0 Å². The molecule has 0 bridgehead atoms. The zero-order valence-corrected chi connectivity index (χ0v) is 34.6. The van der Waals surface area contributed by atoms with Gasteiger partial charge in [-0.3, -0.25) is 16.0 Å². The van der Waals surface area contributed by atoms with Gasteiger partial charge in [-0.25, -0.2) is 0 Å². The van der Waals surface area contributed by atoms with E-state index in [1.54, 1.807) is 0 Å². The van der Waals surface area contributed by atoms with Gasteiger partial charge in [0.15, 0.2) is 0 Å². The third-order valence-electron chi connectivity index (χ3n) is 14.2. The minimum atomic E-state index is -0.133. The maximum Gasteiger partial charge on any atom is 0.0865 e. The summed E-state index contributed by atoms with van der Waals surface area (Å²) in [5.74, 6) is 0.243. The second kappa shape index (κ2) is 14.4. The Bertz CT molecular complexity index is 3070. The predicted molar refractivity (Wildman–Crippen MR) is 253 cm³/mol. The molecule has 0 saturated carbocycles. The van der Waals surface area contributed by atoms with E-state index in [1.165, 1.54) is 101 Å². The fourth-order valence-electron chi connectivity index (χ4n) is 11.3. The highest BCUT2D eigenvalue weighted by atomic mass is 15.4. The molecule has 13 rings (SSSR count). The van der Waals surface area contributed by atoms with Crippen molar-refractivity contribution in [3.63, 3.8) is 0 Å². The van der Waals surface area contributed by atoms with Crippen molar-refractivity contribution in [1.82, 2.24) is 20.5 Å². The smallest absolute Gasteiger partial charge is 0.0865 e. The number of aryl methyl sites for hydroxylation is 1. The van der Waals surface area contributed by atoms with Crippen LogP contribution in [-0.4, -0.2) is 4.57 Å². The fourth-order valence-corrected chi connectivity index (χ4v) is 11.3. The maximum absolute atomic E-state index is 3.99. The first-order chi connectivity index (χ1) is 30.7. The summed E-state index contributed by atoms with van der Waals surface area (Å²) in [4.78, 5) is 2.63. The van der Waals surface area contributed by atoms with Crippen LogP contribution < -0.4 is 20.9 Å². The standard InChI is InChI=1S/C57H47N5/c1-3-16-37(17-4-1)55-58-56(38-18-5-2-6-19-38)60-57(59-55)42-31-41-22-10-11-23-44(41)51(34-42)62-52-33-40-21-8-7-20-39(40)32-49(52)47-30-28-43(35-53(47)62)61-50-26-14-13-25-46(50)48-29-27-36-15-9-12-24-45(36)54(48)61/h1-13,15-25,28,30-31,33-35,49,55-60H,14,26-27,29,32H2. The summed E-state index contributed by atoms with van der Waals surface area (Å²) in [6, 6.07) is 60.8. The van der Waals surface area contributed by atoms with Gasteiger partial charge < -0.3 is 9.47 Å². The van der Waals surface area contributed by atoms with Crippen LogP contribution in [0.3, 0.4) is 0 Å². The molecule has 0 radical (unpaired) electrons. The van der Waals surface area contributed by atoms with E-state index in [-0.39, 0.29) is 24.4 Å². The monoisotopic (exact) mass is 801 g/mol. The number of benzene rings is 7. The second-order valence-electron chi connectivity index (χ2n) is 17.6. The average Bonchev–Trinajstić information content (AvgIpc) is 3.85. The molecular formula is C57H47N5. The topological polar surface area (TPSA) is 44.3 Å². The van der Waals surface area contributed by atoms with E-state index in [0.29, 0.717) is 0 Å². The van der Waals surface area contributed by atoms with Gasteiger partial charge >= 0.3 is 0 Å². The molecule has 5 heteroatoms. The molecule has 7 aromatic carbocycles. The lowest BCUT2D eigenvalue weighted by Crippen LogP contribution is -2.54. The van der Waals surface area contributed by atoms with Gasteiger partial charge in [-0.1, -0.05) is 152 Å². The van der Waals surface area contributed by atoms with Gasteiger partial charge in [-0.05, 0) is 118 Å². The lowest BCUT2D eigenvalue weighted by molar-refractivity contribution is 0.203. The molecule has 3 unspecified atom stereocenters. The summed E-state index contributed by atoms with van der Waals surface area (Å²) in [6.07, 6.45) is 12.3. The van der Waals surface area contributed by atoms with Crippen LogP contribution in [0.5, 0.6) is 0 Å². The number of aromatic nitrogens is 1. The van der Waals surface area contributed by atoms with Crippen LogP contribution in [-0.2, 0) is 25.7 Å². The molecule has 1 saturated heterocycles. The first-order valence-electron chi connectivity index (χ1n) is 22.4. The van der Waals surface area contributed by atoms with Gasteiger partial charge in [0.05, 0.1) is 35.6 Å². The number of nitrogens with zero attached hydrogens (tertiary/aromatic N) is 2. The Hall–Kier alpha value is -6.76. The lowest BCUT2D eigenvalue weighted by Gasteiger charge is -2.40. The summed E-state index contributed by atoms with van der Waals surface area (Å²) in [5.41, 5.74) is 21.4. The van der Waals surface area contributed by atoms with E-state index in [1.807, 2.05) is 0 Å². The lowest BCUT2D eigenvalue weighted by atomic mass is 9.84. The highest BCUT2D eigenvalue weighted by Crippen LogP contribution is 2.55. The Morgan fingerprint density at radius 3 is 2.05 bits per heavy atom. The Morgan fingerprint density at radius 1 is 0.548 bits per heavy atom. The molecule has 1 aromatic heterocycles. The molecule has 300 valence electrons. The van der Waals surface area contributed by atoms with Crippen molar-refractivity contribution < 1.29 is 0 Å². The number of hydrogen-bond acceptors (Lipinski definition) is 4. The van der Waals surface area contributed by atoms with E-state index < -0.39 is 0 Å². The number of hydrogen-bond donors (Lipinski definition) is 3. The minimum Gasteiger partial charge on any atom is -0.313 e. The molecule has 3 N–H and O–H groups in total. The van der Waals surface area contributed by atoms with E-state index in [9.17, 15) is 0 Å². The number of nitrogens with one attached hydrogen (secondary N) is 3. The molecule has 2 aliphatic heterocycles. The molecular weight excluding hydrogens is 755 g/mol. The molecule has 3 heterocycles. The van der Waals surface area contributed by atoms with E-state index in [4.69, 9.17) is 0 Å². The van der Waals surface area contributed by atoms with Crippen molar-refractivity contribution in [3.05, 3.63) is 231 Å². The van der Waals surface area contributed by atoms with Crippen molar-refractivity contribution in [3.8, 4) is 16.9 Å². The molecule has 3 atom stereocenters. The first kappa shape index (κ1) is 35.9. The Morgan fingerprint density at radius 2 is 1.24 bits per heavy atom. The normalized spacial score (nSPS) is 20.7. The van der Waals surface area contributed by atoms with E-state index in [2.05, 4.69) is 207 Å². The second-order valence-corrected chi connectivity index (χ2v) is 17.6. The van der Waals surface area contributed by atoms with Gasteiger partial charge in [0.25, 0.3) is 0 Å². The van der Waals surface area contributed by atoms with Crippen LogP contribution in [0.2, 0.25) is 0 Å². The SMILES string of the molecule is C1=Cc2c3c(n(-c4ccc5c(c4)N(c4cc(C6NC(c7ccccc7)NC(c7ccccc7)N6)cc6ccccc46)C4=Cc6ccccc6CC45)c2CC1)-c1ccccc1CC3. The summed E-state index contributed by atoms with van der Waals surface area (Å²) < 4.78 is 2.64. The van der Waals surface area contributed by atoms with Crippen LogP contribution in [0.1, 0.15) is 86.6 Å². The first-order valence-corrected chi connectivity index (χ1v) is 22.4. The van der Waals surface area contributed by atoms with Crippen molar-refractivity contribution in [1.29, 1.82) is 0 Å². The minimum absolute atomic E-state index is 0.0574. The van der Waals surface area contributed by atoms with Crippen molar-refractivity contribution >= 4 is 34.3 Å². The molecule has 5 nitrogen and oxygen atoms in total. The Labute approximate surface area is 363 Å². The number of rotatable bonds is 5. The Balaban J connectivity index is 1.01. The molecule has 3 aliphatic carbocycles. The van der Waals surface area contributed by atoms with Gasteiger partial charge in [0.2, 0.25) is 0 Å². The highest BCUT2D eigenvalue weighted by molar-refractivity contribution is 6.00. The van der Waals surface area contributed by atoms with Crippen LogP contribution in [0.25, 0.3) is 39.9 Å². The van der Waals surface area contributed by atoms with Gasteiger partial charge in [-0.2, -0.15) is 0 Å². The number of allylic oxidation sites excluding steroid dienone is 2. The van der Waals surface area contributed by atoms with Crippen LogP contribution >= 0.6 is 0 Å². The molecule has 8 aromatic rings. The Kier molecular flexibility index (Phi) is 8.36. The zero-order valence-electron chi connectivity index (χ0n) is 34.6. The highest BCUT2D eigenvalue weighted by Gasteiger charge is 2.40. The third kappa shape index (κ3) is 5.73. The van der Waals surface area contributed by atoms with Crippen molar-refractivity contribution in [2.45, 2.75) is 56.5 Å². The van der Waals surface area contributed by atoms with Crippen molar-refractivity contribution in [2.75, 3.05) is 4.90 Å². The number of fused-ring (bicyclic) bond motifs is 10. The maximum atomic E-state index is 3.99. The van der Waals surface area contributed by atoms with Crippen LogP contribution in [0, 0.1) is 0 Å². The summed E-state index contributed by atoms with van der Waals surface area (Å²) >= 11 is 0. The molecule has 5 aliphatic rings. The molecule has 1 fully saturated rings. The average molecular weight is 802 g/mol. The van der Waals surface area contributed by atoms with E-state index >= 15 is 0 Å². The van der Waals surface area contributed by atoms with E-state index in [0.717, 1.165) is 32.1 Å². The third-order valence-corrected chi connectivity index (χ3v) is 14.2.